The van der Waals surface area contributed by atoms with Crippen LogP contribution in [-0.2, 0) is 4.74 Å². The molecule has 78 valence electrons. The first-order chi connectivity index (χ1) is 6.02. The quantitative estimate of drug-likeness (QED) is 0.655. The van der Waals surface area contributed by atoms with Crippen LogP contribution in [0, 0.1) is 11.8 Å². The molecule has 0 aromatic carbocycles. The molecule has 0 amide bonds. The Hall–Kier alpha value is -0.0800. The van der Waals surface area contributed by atoms with Crippen molar-refractivity contribution in [3.8, 4) is 0 Å². The Morgan fingerprint density at radius 1 is 1.23 bits per heavy atom. The van der Waals surface area contributed by atoms with E-state index in [0.717, 1.165) is 6.73 Å². The van der Waals surface area contributed by atoms with Gasteiger partial charge in [0.15, 0.2) is 0 Å². The second kappa shape index (κ2) is 4.43. The van der Waals surface area contributed by atoms with E-state index in [1.54, 1.807) is 0 Å². The lowest BCUT2D eigenvalue weighted by Gasteiger charge is -2.40. The van der Waals surface area contributed by atoms with E-state index in [-0.39, 0.29) is 0 Å². The minimum absolute atomic E-state index is 0.454. The van der Waals surface area contributed by atoms with Crippen molar-refractivity contribution >= 4 is 0 Å². The number of rotatable bonds is 2. The van der Waals surface area contributed by atoms with Gasteiger partial charge in [-0.3, -0.25) is 4.90 Å². The third-order valence-electron chi connectivity index (χ3n) is 2.90. The van der Waals surface area contributed by atoms with Crippen molar-refractivity contribution in [3.63, 3.8) is 0 Å². The molecule has 1 aliphatic heterocycles. The molecule has 13 heavy (non-hydrogen) atoms. The first kappa shape index (κ1) is 11.0. The maximum absolute atomic E-state index is 5.85. The van der Waals surface area contributed by atoms with E-state index in [1.165, 1.54) is 6.54 Å². The zero-order valence-electron chi connectivity index (χ0n) is 9.58. The summed E-state index contributed by atoms with van der Waals surface area (Å²) in [4.78, 5) is 2.39. The Labute approximate surface area is 82.3 Å². The minimum Gasteiger partial charge on any atom is -0.362 e. The van der Waals surface area contributed by atoms with Crippen LogP contribution < -0.4 is 0 Å². The molecule has 1 saturated heterocycles. The molecule has 2 nitrogen and oxygen atoms in total. The summed E-state index contributed by atoms with van der Waals surface area (Å²) in [7, 11) is 0. The maximum Gasteiger partial charge on any atom is 0.0996 e. The van der Waals surface area contributed by atoms with Crippen molar-refractivity contribution in [1.82, 2.24) is 4.90 Å². The molecule has 2 atom stereocenters. The van der Waals surface area contributed by atoms with Crippen LogP contribution in [0.2, 0.25) is 0 Å². The van der Waals surface area contributed by atoms with Gasteiger partial charge in [0.05, 0.1) is 12.8 Å². The van der Waals surface area contributed by atoms with E-state index >= 15 is 0 Å². The summed E-state index contributed by atoms with van der Waals surface area (Å²) < 4.78 is 5.85. The zero-order valence-corrected chi connectivity index (χ0v) is 9.58. The van der Waals surface area contributed by atoms with E-state index in [2.05, 4.69) is 39.5 Å². The van der Waals surface area contributed by atoms with E-state index < -0.39 is 0 Å². The monoisotopic (exact) mass is 185 g/mol. The summed E-state index contributed by atoms with van der Waals surface area (Å²) in [6, 6.07) is 0.607. The lowest BCUT2D eigenvalue weighted by molar-refractivity contribution is -0.125. The van der Waals surface area contributed by atoms with Crippen LogP contribution in [0.15, 0.2) is 0 Å². The SMILES string of the molecule is CC(C)[C@H]1OCN(C(C)C)CC1C. The number of hydrogen-bond donors (Lipinski definition) is 0. The molecule has 0 saturated carbocycles. The second-order valence-corrected chi connectivity index (χ2v) is 4.85. The third-order valence-corrected chi connectivity index (χ3v) is 2.90. The predicted octanol–water partition coefficient (Wildman–Crippen LogP) is 2.35. The van der Waals surface area contributed by atoms with Gasteiger partial charge in [-0.05, 0) is 25.7 Å². The average molecular weight is 185 g/mol. The normalized spacial score (nSPS) is 31.6. The summed E-state index contributed by atoms with van der Waals surface area (Å²) in [6.45, 7) is 13.2. The maximum atomic E-state index is 5.85. The van der Waals surface area contributed by atoms with Crippen LogP contribution >= 0.6 is 0 Å². The molecule has 1 aliphatic rings. The molecule has 0 aromatic heterocycles. The van der Waals surface area contributed by atoms with Crippen molar-refractivity contribution in [3.05, 3.63) is 0 Å². The smallest absolute Gasteiger partial charge is 0.0996 e. The Balaban J connectivity index is 2.46. The van der Waals surface area contributed by atoms with Crippen molar-refractivity contribution < 1.29 is 4.74 Å². The van der Waals surface area contributed by atoms with Gasteiger partial charge >= 0.3 is 0 Å². The van der Waals surface area contributed by atoms with Crippen molar-refractivity contribution in [1.29, 1.82) is 0 Å². The molecule has 0 N–H and O–H groups in total. The van der Waals surface area contributed by atoms with E-state index in [1.807, 2.05) is 0 Å². The van der Waals surface area contributed by atoms with E-state index in [9.17, 15) is 0 Å². The Morgan fingerprint density at radius 2 is 1.85 bits per heavy atom. The average Bonchev–Trinajstić information content (AvgIpc) is 2.03. The summed E-state index contributed by atoms with van der Waals surface area (Å²) in [6.07, 6.45) is 0.454. The van der Waals surface area contributed by atoms with Crippen LogP contribution in [0.3, 0.4) is 0 Å². The van der Waals surface area contributed by atoms with Crippen LogP contribution in [0.5, 0.6) is 0 Å². The fraction of sp³-hybridized carbons (Fsp3) is 1.00. The number of nitrogens with zero attached hydrogens (tertiary/aromatic N) is 1. The fourth-order valence-electron chi connectivity index (χ4n) is 2.08. The Bertz CT molecular complexity index is 156. The number of ether oxygens (including phenoxy) is 1. The zero-order chi connectivity index (χ0) is 10.0. The summed E-state index contributed by atoms with van der Waals surface area (Å²) in [5.41, 5.74) is 0. The lowest BCUT2D eigenvalue weighted by atomic mass is 9.93. The predicted molar refractivity (Wildman–Crippen MR) is 55.6 cm³/mol. The van der Waals surface area contributed by atoms with Gasteiger partial charge in [0, 0.05) is 12.6 Å². The first-order valence-electron chi connectivity index (χ1n) is 5.38. The molecule has 0 aromatic rings. The summed E-state index contributed by atoms with van der Waals surface area (Å²) >= 11 is 0. The van der Waals surface area contributed by atoms with E-state index in [0.29, 0.717) is 24.0 Å². The van der Waals surface area contributed by atoms with Crippen LogP contribution in [0.1, 0.15) is 34.6 Å². The van der Waals surface area contributed by atoms with Gasteiger partial charge in [0.1, 0.15) is 0 Å². The molecule has 1 heterocycles. The van der Waals surface area contributed by atoms with Gasteiger partial charge in [-0.25, -0.2) is 0 Å². The van der Waals surface area contributed by atoms with Gasteiger partial charge in [-0.2, -0.15) is 0 Å². The highest BCUT2D eigenvalue weighted by Gasteiger charge is 2.29. The van der Waals surface area contributed by atoms with Crippen LogP contribution in [0.4, 0.5) is 0 Å². The minimum atomic E-state index is 0.454. The Kier molecular flexibility index (Phi) is 3.74. The van der Waals surface area contributed by atoms with Crippen LogP contribution in [0.25, 0.3) is 0 Å². The van der Waals surface area contributed by atoms with Crippen molar-refractivity contribution in [2.45, 2.75) is 46.8 Å². The molecule has 1 rings (SSSR count). The lowest BCUT2D eigenvalue weighted by Crippen LogP contribution is -2.48. The van der Waals surface area contributed by atoms with Crippen molar-refractivity contribution in [2.75, 3.05) is 13.3 Å². The molecule has 1 unspecified atom stereocenters. The summed E-state index contributed by atoms with van der Waals surface area (Å²) in [5, 5.41) is 0. The third kappa shape index (κ3) is 2.68. The van der Waals surface area contributed by atoms with Gasteiger partial charge in [0.2, 0.25) is 0 Å². The van der Waals surface area contributed by atoms with Crippen LogP contribution in [-0.4, -0.2) is 30.3 Å². The van der Waals surface area contributed by atoms with Gasteiger partial charge in [0.25, 0.3) is 0 Å². The summed E-state index contributed by atoms with van der Waals surface area (Å²) in [5.74, 6) is 1.31. The molecule has 2 heteroatoms. The fourth-order valence-corrected chi connectivity index (χ4v) is 2.08. The highest BCUT2D eigenvalue weighted by atomic mass is 16.5. The molecule has 1 fully saturated rings. The van der Waals surface area contributed by atoms with Crippen molar-refractivity contribution in [2.24, 2.45) is 11.8 Å². The molecule has 0 spiro atoms. The Morgan fingerprint density at radius 3 is 2.23 bits per heavy atom. The molecule has 0 aliphatic carbocycles. The topological polar surface area (TPSA) is 12.5 Å². The molecule has 0 radical (unpaired) electrons. The van der Waals surface area contributed by atoms with Gasteiger partial charge in [-0.15, -0.1) is 0 Å². The van der Waals surface area contributed by atoms with Gasteiger partial charge < -0.3 is 4.74 Å². The molecule has 0 bridgehead atoms. The first-order valence-corrected chi connectivity index (χ1v) is 5.38. The second-order valence-electron chi connectivity index (χ2n) is 4.85. The largest absolute Gasteiger partial charge is 0.362 e. The highest BCUT2D eigenvalue weighted by Crippen LogP contribution is 2.23. The molecular weight excluding hydrogens is 162 g/mol. The standard InChI is InChI=1S/C11H23NO/c1-8(2)11-10(5)6-12(7-13-11)9(3)4/h8-11H,6-7H2,1-5H3/t10?,11-/m1/s1. The molecular formula is C11H23NO. The number of hydrogen-bond acceptors (Lipinski definition) is 2. The van der Waals surface area contributed by atoms with Gasteiger partial charge in [-0.1, -0.05) is 20.8 Å². The van der Waals surface area contributed by atoms with E-state index in [4.69, 9.17) is 4.74 Å². The highest BCUT2D eigenvalue weighted by molar-refractivity contribution is 4.78.